The Kier molecular flexibility index (Phi) is 3.80. The maximum absolute atomic E-state index is 11.9. The Hall–Kier alpha value is -2.28. The van der Waals surface area contributed by atoms with Crippen LogP contribution in [-0.2, 0) is 0 Å². The Morgan fingerprint density at radius 3 is 2.55 bits per heavy atom. The smallest absolute Gasteiger partial charge is 0.296 e. The number of H-pyrrole nitrogens is 1. The highest BCUT2D eigenvalue weighted by Gasteiger charge is 2.03. The molecule has 0 unspecified atom stereocenters. The van der Waals surface area contributed by atoms with E-state index in [1.165, 1.54) is 6.21 Å². The number of aromatic amines is 1. The normalized spacial score (nSPS) is 11.2. The molecule has 0 spiro atoms. The van der Waals surface area contributed by atoms with Crippen LogP contribution in [0.15, 0.2) is 22.0 Å². The van der Waals surface area contributed by atoms with E-state index in [0.717, 1.165) is 21.4 Å². The lowest BCUT2D eigenvalue weighted by Gasteiger charge is -2.04. The molecule has 6 nitrogen and oxygen atoms in total. The topological polar surface area (TPSA) is 83.3 Å². The number of phenols is 1. The Bertz CT molecular complexity index is 782. The molecular weight excluding hydrogens is 276 g/mol. The van der Waals surface area contributed by atoms with Gasteiger partial charge in [0.25, 0.3) is 5.56 Å². The van der Waals surface area contributed by atoms with Crippen LogP contribution in [0.25, 0.3) is 0 Å². The number of hydrogen-bond donors (Lipinski definition) is 2. The van der Waals surface area contributed by atoms with E-state index in [2.05, 4.69) is 15.3 Å². The fourth-order valence-electron chi connectivity index (χ4n) is 1.77. The molecule has 1 heterocycles. The molecule has 7 heteroatoms. The number of hydrogen-bond acceptors (Lipinski definition) is 5. The maximum atomic E-state index is 11.9. The predicted octanol–water partition coefficient (Wildman–Crippen LogP) is 1.81. The van der Waals surface area contributed by atoms with E-state index in [-0.39, 0.29) is 21.8 Å². The first-order chi connectivity index (χ1) is 9.40. The molecule has 0 amide bonds. The molecule has 0 aliphatic rings. The van der Waals surface area contributed by atoms with Gasteiger partial charge in [0, 0.05) is 0 Å². The van der Waals surface area contributed by atoms with E-state index >= 15 is 0 Å². The van der Waals surface area contributed by atoms with Gasteiger partial charge in [0.1, 0.15) is 11.4 Å². The van der Waals surface area contributed by atoms with Crippen LogP contribution in [-0.4, -0.2) is 26.2 Å². The molecular formula is C13H14N4O2S. The van der Waals surface area contributed by atoms with Crippen LogP contribution in [0.4, 0.5) is 0 Å². The summed E-state index contributed by atoms with van der Waals surface area (Å²) in [6.07, 6.45) is 1.52. The average Bonchev–Trinajstić information content (AvgIpc) is 2.40. The molecule has 104 valence electrons. The minimum Gasteiger partial charge on any atom is -0.507 e. The molecule has 2 aromatic rings. The fraction of sp³-hybridized carbons (Fsp3) is 0.231. The highest BCUT2D eigenvalue weighted by Crippen LogP contribution is 2.21. The largest absolute Gasteiger partial charge is 0.507 e. The third-order valence-corrected chi connectivity index (χ3v) is 3.11. The van der Waals surface area contributed by atoms with Crippen LogP contribution in [0.3, 0.4) is 0 Å². The summed E-state index contributed by atoms with van der Waals surface area (Å²) in [7, 11) is 0. The van der Waals surface area contributed by atoms with Gasteiger partial charge in [-0.1, -0.05) is 0 Å². The van der Waals surface area contributed by atoms with Crippen LogP contribution in [0, 0.1) is 25.5 Å². The number of nitrogens with one attached hydrogen (secondary N) is 1. The summed E-state index contributed by atoms with van der Waals surface area (Å²) in [6, 6.07) is 3.55. The van der Waals surface area contributed by atoms with Crippen molar-refractivity contribution >= 4 is 18.4 Å². The maximum Gasteiger partial charge on any atom is 0.296 e. The summed E-state index contributed by atoms with van der Waals surface area (Å²) in [4.78, 5) is 11.9. The van der Waals surface area contributed by atoms with Gasteiger partial charge in [-0.2, -0.15) is 14.9 Å². The molecule has 0 saturated carbocycles. The van der Waals surface area contributed by atoms with Crippen molar-refractivity contribution in [2.75, 3.05) is 0 Å². The summed E-state index contributed by atoms with van der Waals surface area (Å²) >= 11 is 4.98. The zero-order chi connectivity index (χ0) is 14.9. The van der Waals surface area contributed by atoms with Gasteiger partial charge >= 0.3 is 0 Å². The van der Waals surface area contributed by atoms with Gasteiger partial charge in [-0.05, 0) is 61.8 Å². The molecule has 0 aliphatic carbocycles. The molecule has 0 saturated heterocycles. The highest BCUT2D eigenvalue weighted by atomic mass is 32.1. The summed E-state index contributed by atoms with van der Waals surface area (Å²) in [5.41, 5.74) is 2.18. The van der Waals surface area contributed by atoms with Gasteiger partial charge in [-0.3, -0.25) is 9.89 Å². The zero-order valence-corrected chi connectivity index (χ0v) is 12.2. The Morgan fingerprint density at radius 2 is 1.95 bits per heavy atom. The summed E-state index contributed by atoms with van der Waals surface area (Å²) < 4.78 is 1.21. The predicted molar refractivity (Wildman–Crippen MR) is 79.0 cm³/mol. The van der Waals surface area contributed by atoms with Crippen molar-refractivity contribution in [2.45, 2.75) is 20.8 Å². The second kappa shape index (κ2) is 5.38. The lowest BCUT2D eigenvalue weighted by molar-refractivity contribution is 0.467. The quantitative estimate of drug-likeness (QED) is 0.652. The number of benzene rings is 1. The molecule has 0 fully saturated rings. The van der Waals surface area contributed by atoms with Crippen LogP contribution in [0.5, 0.6) is 5.75 Å². The average molecular weight is 290 g/mol. The van der Waals surface area contributed by atoms with Crippen LogP contribution < -0.4 is 5.56 Å². The second-order valence-corrected chi connectivity index (χ2v) is 4.87. The van der Waals surface area contributed by atoms with Crippen molar-refractivity contribution in [1.29, 1.82) is 0 Å². The third kappa shape index (κ3) is 2.67. The van der Waals surface area contributed by atoms with Crippen LogP contribution in [0.1, 0.15) is 22.4 Å². The summed E-state index contributed by atoms with van der Waals surface area (Å²) in [5.74, 6) is 0.261. The third-order valence-electron chi connectivity index (χ3n) is 2.85. The van der Waals surface area contributed by atoms with Crippen molar-refractivity contribution in [3.63, 3.8) is 0 Å². The standard InChI is InChI=1S/C13H14N4O2S/c1-7-4-10(5-8(2)11(7)18)6-14-17-12(19)9(3)15-16-13(17)20/h4-6,18H,1-3H3,(H,16,20)/b14-6+. The van der Waals surface area contributed by atoms with E-state index in [9.17, 15) is 9.90 Å². The van der Waals surface area contributed by atoms with Crippen LogP contribution in [0.2, 0.25) is 0 Å². The van der Waals surface area contributed by atoms with Gasteiger partial charge in [-0.15, -0.1) is 0 Å². The number of nitrogens with zero attached hydrogens (tertiary/aromatic N) is 3. The van der Waals surface area contributed by atoms with E-state index in [0.29, 0.717) is 0 Å². The molecule has 20 heavy (non-hydrogen) atoms. The monoisotopic (exact) mass is 290 g/mol. The van der Waals surface area contributed by atoms with Crippen LogP contribution >= 0.6 is 12.2 Å². The van der Waals surface area contributed by atoms with Gasteiger partial charge in [0.2, 0.25) is 4.77 Å². The first kappa shape index (κ1) is 14.1. The summed E-state index contributed by atoms with van der Waals surface area (Å²) in [5, 5.41) is 20.1. The van der Waals surface area contributed by atoms with Gasteiger partial charge < -0.3 is 5.11 Å². The van der Waals surface area contributed by atoms with E-state index in [4.69, 9.17) is 12.2 Å². The fourth-order valence-corrected chi connectivity index (χ4v) is 1.94. The summed E-state index contributed by atoms with van der Waals surface area (Å²) in [6.45, 7) is 5.18. The number of aryl methyl sites for hydroxylation is 3. The Balaban J connectivity index is 2.48. The van der Waals surface area contributed by atoms with E-state index in [1.54, 1.807) is 32.9 Å². The first-order valence-corrected chi connectivity index (χ1v) is 6.34. The van der Waals surface area contributed by atoms with E-state index in [1.807, 2.05) is 0 Å². The van der Waals surface area contributed by atoms with Crippen molar-refractivity contribution in [2.24, 2.45) is 5.10 Å². The molecule has 0 bridgehead atoms. The number of phenolic OH excluding ortho intramolecular Hbond substituents is 1. The number of rotatable bonds is 2. The Labute approximate surface area is 120 Å². The molecule has 0 radical (unpaired) electrons. The Morgan fingerprint density at radius 1 is 1.35 bits per heavy atom. The zero-order valence-electron chi connectivity index (χ0n) is 11.3. The highest BCUT2D eigenvalue weighted by molar-refractivity contribution is 7.71. The van der Waals surface area contributed by atoms with Crippen molar-refractivity contribution in [3.05, 3.63) is 49.6 Å². The molecule has 2 rings (SSSR count). The van der Waals surface area contributed by atoms with Crippen molar-refractivity contribution < 1.29 is 5.11 Å². The van der Waals surface area contributed by atoms with E-state index < -0.39 is 0 Å². The lowest BCUT2D eigenvalue weighted by atomic mass is 10.1. The molecule has 1 aromatic carbocycles. The van der Waals surface area contributed by atoms with Crippen molar-refractivity contribution in [1.82, 2.24) is 14.9 Å². The second-order valence-electron chi connectivity index (χ2n) is 4.48. The SMILES string of the molecule is Cc1cc(/C=N/n2c(=S)[nH]nc(C)c2=O)cc(C)c1O. The molecule has 1 aromatic heterocycles. The van der Waals surface area contributed by atoms with Gasteiger partial charge in [0.05, 0.1) is 6.21 Å². The first-order valence-electron chi connectivity index (χ1n) is 5.93. The molecule has 0 atom stereocenters. The molecule has 0 aliphatic heterocycles. The minimum atomic E-state index is -0.364. The number of aromatic hydroxyl groups is 1. The van der Waals surface area contributed by atoms with Gasteiger partial charge in [0.15, 0.2) is 0 Å². The van der Waals surface area contributed by atoms with Crippen molar-refractivity contribution in [3.8, 4) is 5.75 Å². The molecule has 2 N–H and O–H groups in total. The minimum absolute atomic E-state index is 0.129. The lowest BCUT2D eigenvalue weighted by Crippen LogP contribution is -2.22. The van der Waals surface area contributed by atoms with Gasteiger partial charge in [-0.25, -0.2) is 0 Å². The number of aromatic nitrogens is 3.